The standard InChI is InChI=1S/C46H56FN3O7/c1-30-23-36(47)41(38(51)24-30)35-16-12-15-34(26-35)37-27-50-39(48-37)25-31(2)40(42(44(52)53-8)57-45(4,5)6)43(50)49-19-17-46(7,18-20-49)56-22-21-54-28-32(3)55-29-33-13-10-9-11-14-33/h9-16,23-27,32,42,51H,17-22,28-29H2,1-8H3/t32-,42+/m1/s1. The number of methoxy groups -OCH3 is 1. The fourth-order valence-electron chi connectivity index (χ4n) is 7.35. The van der Waals surface area contributed by atoms with Gasteiger partial charge in [0.25, 0.3) is 0 Å². The number of carbonyl (C=O) groups is 1. The van der Waals surface area contributed by atoms with Gasteiger partial charge in [-0.05, 0) is 108 Å². The van der Waals surface area contributed by atoms with Crippen molar-refractivity contribution in [2.24, 2.45) is 0 Å². The highest BCUT2D eigenvalue weighted by Crippen LogP contribution is 2.40. The molecule has 0 amide bonds. The van der Waals surface area contributed by atoms with Gasteiger partial charge in [-0.2, -0.15) is 0 Å². The molecule has 0 radical (unpaired) electrons. The van der Waals surface area contributed by atoms with Gasteiger partial charge in [0, 0.05) is 30.4 Å². The minimum absolute atomic E-state index is 0.0438. The number of ether oxygens (including phenoxy) is 5. The van der Waals surface area contributed by atoms with Crippen molar-refractivity contribution >= 4 is 17.4 Å². The number of phenolic OH excluding ortho intramolecular Hbond substituents is 1. The van der Waals surface area contributed by atoms with Crippen molar-refractivity contribution in [1.82, 2.24) is 9.38 Å². The van der Waals surface area contributed by atoms with E-state index in [1.165, 1.54) is 13.2 Å². The molecule has 57 heavy (non-hydrogen) atoms. The molecule has 6 rings (SSSR count). The molecule has 0 unspecified atom stereocenters. The van der Waals surface area contributed by atoms with Gasteiger partial charge in [0.15, 0.2) is 6.10 Å². The Morgan fingerprint density at radius 1 is 0.982 bits per heavy atom. The van der Waals surface area contributed by atoms with E-state index in [0.29, 0.717) is 67.5 Å². The van der Waals surface area contributed by atoms with Crippen LogP contribution in [-0.2, 0) is 35.1 Å². The number of aryl methyl sites for hydroxylation is 2. The van der Waals surface area contributed by atoms with Crippen molar-refractivity contribution in [3.8, 4) is 28.1 Å². The Kier molecular flexibility index (Phi) is 13.0. The molecule has 0 saturated carbocycles. The lowest BCUT2D eigenvalue weighted by molar-refractivity contribution is -0.164. The molecule has 1 fully saturated rings. The highest BCUT2D eigenvalue weighted by Gasteiger charge is 2.37. The highest BCUT2D eigenvalue weighted by molar-refractivity contribution is 5.82. The number of hydrogen-bond donors (Lipinski definition) is 1. The lowest BCUT2D eigenvalue weighted by Gasteiger charge is -2.41. The summed E-state index contributed by atoms with van der Waals surface area (Å²) in [6, 6.07) is 22.3. The second-order valence-electron chi connectivity index (χ2n) is 16.2. The van der Waals surface area contributed by atoms with Gasteiger partial charge in [-0.25, -0.2) is 14.2 Å². The minimum Gasteiger partial charge on any atom is -0.507 e. The number of piperidine rings is 1. The van der Waals surface area contributed by atoms with Gasteiger partial charge in [0.1, 0.15) is 23.0 Å². The van der Waals surface area contributed by atoms with Crippen LogP contribution in [0.25, 0.3) is 28.0 Å². The van der Waals surface area contributed by atoms with Crippen LogP contribution in [0.2, 0.25) is 0 Å². The van der Waals surface area contributed by atoms with E-state index in [2.05, 4.69) is 11.8 Å². The summed E-state index contributed by atoms with van der Waals surface area (Å²) in [5.74, 6) is -0.326. The van der Waals surface area contributed by atoms with Gasteiger partial charge in [-0.15, -0.1) is 0 Å². The van der Waals surface area contributed by atoms with Crippen molar-refractivity contribution in [1.29, 1.82) is 0 Å². The first kappa shape index (κ1) is 41.8. The molecule has 3 heterocycles. The summed E-state index contributed by atoms with van der Waals surface area (Å²) in [6.07, 6.45) is 2.36. The maximum Gasteiger partial charge on any atom is 0.339 e. The van der Waals surface area contributed by atoms with Gasteiger partial charge < -0.3 is 33.7 Å². The third kappa shape index (κ3) is 10.2. The number of rotatable bonds is 15. The summed E-state index contributed by atoms with van der Waals surface area (Å²) >= 11 is 0. The van der Waals surface area contributed by atoms with Crippen LogP contribution >= 0.6 is 0 Å². The van der Waals surface area contributed by atoms with Crippen LogP contribution in [0.3, 0.4) is 0 Å². The Hall–Kier alpha value is -4.81. The van der Waals surface area contributed by atoms with Gasteiger partial charge in [0.2, 0.25) is 0 Å². The summed E-state index contributed by atoms with van der Waals surface area (Å²) in [7, 11) is 1.37. The van der Waals surface area contributed by atoms with E-state index in [1.54, 1.807) is 19.1 Å². The predicted octanol–water partition coefficient (Wildman–Crippen LogP) is 9.16. The monoisotopic (exact) mass is 781 g/mol. The third-order valence-corrected chi connectivity index (χ3v) is 10.3. The van der Waals surface area contributed by atoms with Gasteiger partial charge >= 0.3 is 5.97 Å². The Morgan fingerprint density at radius 2 is 1.70 bits per heavy atom. The van der Waals surface area contributed by atoms with E-state index in [1.807, 2.05) is 99.8 Å². The molecular formula is C46H56FN3O7. The van der Waals surface area contributed by atoms with E-state index >= 15 is 4.39 Å². The van der Waals surface area contributed by atoms with Crippen LogP contribution in [0.15, 0.2) is 79.0 Å². The number of esters is 1. The molecule has 0 bridgehead atoms. The normalized spacial score (nSPS) is 15.5. The van der Waals surface area contributed by atoms with Gasteiger partial charge in [-0.1, -0.05) is 48.5 Å². The fraction of sp³-hybridized carbons (Fsp3) is 0.435. The topological polar surface area (TPSA) is 104 Å². The Balaban J connectivity index is 1.24. The quantitative estimate of drug-likeness (QED) is 0.0823. The molecule has 2 atom stereocenters. The van der Waals surface area contributed by atoms with E-state index in [0.717, 1.165) is 35.3 Å². The molecule has 304 valence electrons. The van der Waals surface area contributed by atoms with Crippen molar-refractivity contribution < 1.29 is 38.0 Å². The van der Waals surface area contributed by atoms with Gasteiger partial charge in [0.05, 0.1) is 62.1 Å². The average Bonchev–Trinajstić information content (AvgIpc) is 3.59. The number of imidazole rings is 1. The van der Waals surface area contributed by atoms with Gasteiger partial charge in [-0.3, -0.25) is 4.40 Å². The first-order chi connectivity index (χ1) is 27.1. The Morgan fingerprint density at radius 3 is 2.39 bits per heavy atom. The average molecular weight is 782 g/mol. The highest BCUT2D eigenvalue weighted by atomic mass is 19.1. The summed E-state index contributed by atoms with van der Waals surface area (Å²) in [5, 5.41) is 10.7. The molecule has 11 heteroatoms. The van der Waals surface area contributed by atoms with Crippen LogP contribution in [0.5, 0.6) is 5.75 Å². The summed E-state index contributed by atoms with van der Waals surface area (Å²) in [6.45, 7) is 16.8. The second-order valence-corrected chi connectivity index (χ2v) is 16.2. The zero-order valence-corrected chi connectivity index (χ0v) is 34.4. The second kappa shape index (κ2) is 17.8. The number of anilines is 1. The maximum atomic E-state index is 15.1. The predicted molar refractivity (Wildman–Crippen MR) is 220 cm³/mol. The molecule has 0 spiro atoms. The summed E-state index contributed by atoms with van der Waals surface area (Å²) in [4.78, 5) is 20.8. The summed E-state index contributed by atoms with van der Waals surface area (Å²) < 4.78 is 47.2. The van der Waals surface area contributed by atoms with Crippen LogP contribution in [-0.4, -0.2) is 77.8 Å². The molecule has 5 aromatic rings. The van der Waals surface area contributed by atoms with Crippen molar-refractivity contribution in [2.75, 3.05) is 44.9 Å². The first-order valence-electron chi connectivity index (χ1n) is 19.6. The number of fused-ring (bicyclic) bond motifs is 1. The zero-order valence-electron chi connectivity index (χ0n) is 34.4. The lowest BCUT2D eigenvalue weighted by atomic mass is 9.92. The van der Waals surface area contributed by atoms with E-state index < -0.39 is 23.5 Å². The first-order valence-corrected chi connectivity index (χ1v) is 19.6. The minimum atomic E-state index is -1.00. The molecule has 3 aromatic carbocycles. The van der Waals surface area contributed by atoms with Crippen molar-refractivity contribution in [3.63, 3.8) is 0 Å². The molecule has 0 aliphatic carbocycles. The number of carbonyl (C=O) groups excluding carboxylic acids is 1. The van der Waals surface area contributed by atoms with Crippen LogP contribution < -0.4 is 4.90 Å². The van der Waals surface area contributed by atoms with Crippen LogP contribution in [0.1, 0.15) is 75.8 Å². The number of aromatic hydroxyl groups is 1. The number of aromatic nitrogens is 2. The van der Waals surface area contributed by atoms with E-state index in [4.69, 9.17) is 28.7 Å². The zero-order chi connectivity index (χ0) is 40.9. The van der Waals surface area contributed by atoms with E-state index in [9.17, 15) is 9.90 Å². The molecule has 10 nitrogen and oxygen atoms in total. The fourth-order valence-corrected chi connectivity index (χ4v) is 7.35. The SMILES string of the molecule is COC(=O)[C@@H](OC(C)(C)C)c1c(C)cc2nc(-c3cccc(-c4c(O)cc(C)cc4F)c3)cn2c1N1CCC(C)(OCCOC[C@@H](C)OCc2ccccc2)CC1. The number of nitrogens with zero attached hydrogens (tertiary/aromatic N) is 3. The molecule has 1 saturated heterocycles. The largest absolute Gasteiger partial charge is 0.507 e. The molecular weight excluding hydrogens is 726 g/mol. The van der Waals surface area contributed by atoms with E-state index in [-0.39, 0.29) is 23.0 Å². The number of pyridine rings is 1. The van der Waals surface area contributed by atoms with Crippen molar-refractivity contribution in [2.45, 2.75) is 91.3 Å². The Bertz CT molecular complexity index is 2130. The number of hydrogen-bond acceptors (Lipinski definition) is 9. The van der Waals surface area contributed by atoms with Crippen LogP contribution in [0.4, 0.5) is 10.2 Å². The third-order valence-electron chi connectivity index (χ3n) is 10.3. The Labute approximate surface area is 335 Å². The molecule has 1 aliphatic heterocycles. The molecule has 1 aliphatic rings. The smallest absolute Gasteiger partial charge is 0.339 e. The summed E-state index contributed by atoms with van der Waals surface area (Å²) in [5.41, 5.74) is 5.02. The number of phenols is 1. The number of benzene rings is 3. The maximum absolute atomic E-state index is 15.1. The number of halogens is 1. The van der Waals surface area contributed by atoms with Crippen LogP contribution in [0, 0.1) is 19.7 Å². The molecule has 2 aromatic heterocycles. The lowest BCUT2D eigenvalue weighted by Crippen LogP contribution is -2.46. The molecule has 1 N–H and O–H groups in total. The van der Waals surface area contributed by atoms with Crippen molar-refractivity contribution in [3.05, 3.63) is 107 Å².